The Morgan fingerprint density at radius 1 is 1.29 bits per heavy atom. The van der Waals surface area contributed by atoms with Gasteiger partial charge in [-0.2, -0.15) is 4.31 Å². The molecule has 0 amide bonds. The zero-order chi connectivity index (χ0) is 12.5. The van der Waals surface area contributed by atoms with E-state index in [1.165, 1.54) is 0 Å². The predicted octanol–water partition coefficient (Wildman–Crippen LogP) is 1.68. The smallest absolute Gasteiger partial charge is 0.211 e. The summed E-state index contributed by atoms with van der Waals surface area (Å²) in [6.07, 6.45) is 1.48. The van der Waals surface area contributed by atoms with Crippen LogP contribution in [-0.2, 0) is 10.0 Å². The largest absolute Gasteiger partial charge is 0.241 e. The maximum Gasteiger partial charge on any atom is 0.211 e. The Labute approximate surface area is 101 Å². The second kappa shape index (κ2) is 4.58. The number of sulfonamides is 1. The van der Waals surface area contributed by atoms with Crippen LogP contribution in [0.15, 0.2) is 36.4 Å². The Hall–Kier alpha value is -1.20. The fraction of sp³-hybridized carbons (Fsp3) is 0.333. The highest BCUT2D eigenvalue weighted by Crippen LogP contribution is 2.25. The Kier molecular flexibility index (Phi) is 3.31. The Morgan fingerprint density at radius 2 is 1.94 bits per heavy atom. The molecule has 0 fully saturated rings. The summed E-state index contributed by atoms with van der Waals surface area (Å²) in [5.41, 5.74) is 1.39. The maximum absolute atomic E-state index is 13.9. The van der Waals surface area contributed by atoms with Crippen LogP contribution in [0.5, 0.6) is 0 Å². The Bertz CT molecular complexity index is 525. The van der Waals surface area contributed by atoms with E-state index in [1.807, 2.05) is 30.3 Å². The molecule has 1 atom stereocenters. The molecule has 0 saturated carbocycles. The molecule has 92 valence electrons. The highest BCUT2D eigenvalue weighted by Gasteiger charge is 2.27. The SMILES string of the molecule is CS(=O)(=O)N1CC=C(c2ccccc2)C(F)C1. The summed E-state index contributed by atoms with van der Waals surface area (Å²) in [5, 5.41) is 0. The van der Waals surface area contributed by atoms with Crippen LogP contribution in [0, 0.1) is 0 Å². The van der Waals surface area contributed by atoms with E-state index in [1.54, 1.807) is 6.08 Å². The topological polar surface area (TPSA) is 37.4 Å². The first-order chi connectivity index (χ1) is 7.98. The van der Waals surface area contributed by atoms with Crippen LogP contribution in [0.3, 0.4) is 0 Å². The van der Waals surface area contributed by atoms with Crippen molar-refractivity contribution >= 4 is 15.6 Å². The molecule has 0 spiro atoms. The lowest BCUT2D eigenvalue weighted by atomic mass is 9.99. The summed E-state index contributed by atoms with van der Waals surface area (Å²) >= 11 is 0. The molecule has 0 N–H and O–H groups in total. The van der Waals surface area contributed by atoms with Gasteiger partial charge in [-0.3, -0.25) is 0 Å². The zero-order valence-corrected chi connectivity index (χ0v) is 10.3. The van der Waals surface area contributed by atoms with Gasteiger partial charge in [0.2, 0.25) is 10.0 Å². The number of benzene rings is 1. The maximum atomic E-state index is 13.9. The van der Waals surface area contributed by atoms with Crippen LogP contribution in [0.2, 0.25) is 0 Å². The number of halogens is 1. The van der Waals surface area contributed by atoms with E-state index >= 15 is 0 Å². The minimum Gasteiger partial charge on any atom is -0.241 e. The highest BCUT2D eigenvalue weighted by atomic mass is 32.2. The van der Waals surface area contributed by atoms with Crippen molar-refractivity contribution in [3.8, 4) is 0 Å². The molecule has 1 aliphatic heterocycles. The van der Waals surface area contributed by atoms with Crippen LogP contribution in [-0.4, -0.2) is 38.2 Å². The third-order valence-electron chi connectivity index (χ3n) is 2.79. The zero-order valence-electron chi connectivity index (χ0n) is 9.51. The van der Waals surface area contributed by atoms with E-state index in [9.17, 15) is 12.8 Å². The van der Waals surface area contributed by atoms with Crippen LogP contribution in [0.4, 0.5) is 4.39 Å². The fourth-order valence-corrected chi connectivity index (χ4v) is 2.63. The summed E-state index contributed by atoms with van der Waals surface area (Å²) in [5.74, 6) is 0. The molecule has 0 bridgehead atoms. The van der Waals surface area contributed by atoms with Crippen molar-refractivity contribution in [1.29, 1.82) is 0 Å². The van der Waals surface area contributed by atoms with Gasteiger partial charge in [0.05, 0.1) is 6.26 Å². The summed E-state index contributed by atoms with van der Waals surface area (Å²) < 4.78 is 37.7. The van der Waals surface area contributed by atoms with Crippen molar-refractivity contribution in [1.82, 2.24) is 4.31 Å². The second-order valence-corrected chi connectivity index (χ2v) is 6.06. The van der Waals surface area contributed by atoms with Gasteiger partial charge in [-0.05, 0) is 11.1 Å². The summed E-state index contributed by atoms with van der Waals surface area (Å²) in [4.78, 5) is 0. The van der Waals surface area contributed by atoms with E-state index in [4.69, 9.17) is 0 Å². The first-order valence-electron chi connectivity index (χ1n) is 5.33. The average Bonchev–Trinajstić information content (AvgIpc) is 2.29. The van der Waals surface area contributed by atoms with Gasteiger partial charge >= 0.3 is 0 Å². The van der Waals surface area contributed by atoms with E-state index in [2.05, 4.69) is 0 Å². The third kappa shape index (κ3) is 2.73. The molecule has 17 heavy (non-hydrogen) atoms. The average molecular weight is 255 g/mol. The van der Waals surface area contributed by atoms with E-state index in [0.29, 0.717) is 5.57 Å². The first-order valence-corrected chi connectivity index (χ1v) is 7.18. The van der Waals surface area contributed by atoms with Crippen molar-refractivity contribution in [2.24, 2.45) is 0 Å². The van der Waals surface area contributed by atoms with Crippen LogP contribution in [0.1, 0.15) is 5.56 Å². The molecule has 2 rings (SSSR count). The van der Waals surface area contributed by atoms with Gasteiger partial charge in [0, 0.05) is 13.1 Å². The van der Waals surface area contributed by atoms with E-state index in [0.717, 1.165) is 16.1 Å². The molecule has 5 heteroatoms. The van der Waals surface area contributed by atoms with Crippen LogP contribution < -0.4 is 0 Å². The third-order valence-corrected chi connectivity index (χ3v) is 4.03. The quantitative estimate of drug-likeness (QED) is 0.806. The summed E-state index contributed by atoms with van der Waals surface area (Å²) in [6.45, 7) is 0.142. The molecule has 0 radical (unpaired) electrons. The van der Waals surface area contributed by atoms with Gasteiger partial charge in [0.1, 0.15) is 6.17 Å². The number of hydrogen-bond donors (Lipinski definition) is 0. The van der Waals surface area contributed by atoms with Gasteiger partial charge in [-0.1, -0.05) is 36.4 Å². The van der Waals surface area contributed by atoms with Gasteiger partial charge in [0.15, 0.2) is 0 Å². The molecule has 1 unspecified atom stereocenters. The Morgan fingerprint density at radius 3 is 2.47 bits per heavy atom. The standard InChI is InChI=1S/C12H14FNO2S/c1-17(15,16)14-8-7-11(12(13)9-14)10-5-3-2-4-6-10/h2-7,12H,8-9H2,1H3. The molecule has 1 aromatic rings. The molecule has 1 heterocycles. The summed E-state index contributed by atoms with van der Waals surface area (Å²) in [6, 6.07) is 9.20. The molecule has 0 aliphatic carbocycles. The van der Waals surface area contributed by atoms with Crippen molar-refractivity contribution in [2.45, 2.75) is 6.17 Å². The molecule has 3 nitrogen and oxygen atoms in total. The molecule has 0 aromatic heterocycles. The minimum absolute atomic E-state index is 0.0977. The number of hydrogen-bond acceptors (Lipinski definition) is 2. The van der Waals surface area contributed by atoms with Crippen LogP contribution >= 0.6 is 0 Å². The van der Waals surface area contributed by atoms with Gasteiger partial charge in [0.25, 0.3) is 0 Å². The van der Waals surface area contributed by atoms with Gasteiger partial charge in [-0.25, -0.2) is 12.8 Å². The van der Waals surface area contributed by atoms with E-state index < -0.39 is 16.2 Å². The predicted molar refractivity (Wildman–Crippen MR) is 65.7 cm³/mol. The molecule has 1 aliphatic rings. The van der Waals surface area contributed by atoms with Crippen molar-refractivity contribution in [3.05, 3.63) is 42.0 Å². The molecule has 0 saturated heterocycles. The van der Waals surface area contributed by atoms with Crippen molar-refractivity contribution < 1.29 is 12.8 Å². The Balaban J connectivity index is 2.26. The lowest BCUT2D eigenvalue weighted by molar-refractivity contribution is 0.314. The molecular formula is C12H14FNO2S. The highest BCUT2D eigenvalue weighted by molar-refractivity contribution is 7.88. The van der Waals surface area contributed by atoms with E-state index in [-0.39, 0.29) is 13.1 Å². The first kappa shape index (κ1) is 12.3. The van der Waals surface area contributed by atoms with Gasteiger partial charge in [-0.15, -0.1) is 0 Å². The lowest BCUT2D eigenvalue weighted by Crippen LogP contribution is -2.39. The number of rotatable bonds is 2. The number of nitrogens with zero attached hydrogens (tertiary/aromatic N) is 1. The molecule has 1 aromatic carbocycles. The van der Waals surface area contributed by atoms with Crippen LogP contribution in [0.25, 0.3) is 5.57 Å². The molecular weight excluding hydrogens is 241 g/mol. The van der Waals surface area contributed by atoms with Gasteiger partial charge < -0.3 is 0 Å². The lowest BCUT2D eigenvalue weighted by Gasteiger charge is -2.27. The van der Waals surface area contributed by atoms with Crippen molar-refractivity contribution in [3.63, 3.8) is 0 Å². The second-order valence-electron chi connectivity index (χ2n) is 4.07. The van der Waals surface area contributed by atoms with Crippen molar-refractivity contribution in [2.75, 3.05) is 19.3 Å². The normalized spacial score (nSPS) is 22.2. The minimum atomic E-state index is -3.32. The monoisotopic (exact) mass is 255 g/mol. The fourth-order valence-electron chi connectivity index (χ4n) is 1.88. The summed E-state index contributed by atoms with van der Waals surface area (Å²) in [7, 11) is -3.32. The number of alkyl halides is 1.